The van der Waals surface area contributed by atoms with Crippen LogP contribution in [-0.4, -0.2) is 43.6 Å². The van der Waals surface area contributed by atoms with Crippen molar-refractivity contribution in [3.63, 3.8) is 0 Å². The van der Waals surface area contributed by atoms with Crippen LogP contribution in [0.5, 0.6) is 0 Å². The summed E-state index contributed by atoms with van der Waals surface area (Å²) >= 11 is 0. The van der Waals surface area contributed by atoms with Crippen LogP contribution in [0.25, 0.3) is 50.0 Å². The van der Waals surface area contributed by atoms with Crippen molar-refractivity contribution < 1.29 is 15.0 Å². The summed E-state index contributed by atoms with van der Waals surface area (Å²) in [5.74, 6) is 0. The van der Waals surface area contributed by atoms with Crippen molar-refractivity contribution in [2.45, 2.75) is 19.3 Å². The second-order valence-corrected chi connectivity index (χ2v) is 14.0. The van der Waals surface area contributed by atoms with Crippen LogP contribution in [0.2, 0.25) is 0 Å². The molecule has 4 N–H and O–H groups in total. The molecule has 9 rings (SSSR count). The number of nitrogens with one attached hydrogen (secondary N) is 2. The molecule has 0 saturated heterocycles. The molecule has 0 aliphatic heterocycles. The molecule has 6 aromatic rings. The molecule has 10 nitrogen and oxygen atoms in total. The average molecular weight is 720 g/mol. The van der Waals surface area contributed by atoms with E-state index in [1.54, 1.807) is 29.2 Å². The Labute approximate surface area is 316 Å². The quantitative estimate of drug-likeness (QED) is 0.0763. The van der Waals surface area contributed by atoms with Gasteiger partial charge in [-0.1, -0.05) is 127 Å². The zero-order valence-electron chi connectivity index (χ0n) is 29.8. The Bertz CT molecular complexity index is 2780. The number of hydrogen-bond acceptors (Lipinski definition) is 10. The third kappa shape index (κ3) is 5.18. The Balaban J connectivity index is 1.15. The maximum absolute atomic E-state index is 10.4. The van der Waals surface area contributed by atoms with Crippen LogP contribution >= 0.6 is 0 Å². The number of hydrogen-bond donors (Lipinski definition) is 4. The molecule has 0 bridgehead atoms. The molecule has 0 radical (unpaired) electrons. The number of aromatic nitrogens is 2. The van der Waals surface area contributed by atoms with Gasteiger partial charge in [0.2, 0.25) is 0 Å². The number of nitrogens with zero attached hydrogens (tertiary/aromatic N) is 5. The summed E-state index contributed by atoms with van der Waals surface area (Å²) in [7, 11) is 0. The van der Waals surface area contributed by atoms with Gasteiger partial charge in [-0.15, -0.1) is 0 Å². The normalized spacial score (nSPS) is 17.2. The van der Waals surface area contributed by atoms with Crippen molar-refractivity contribution in [1.29, 1.82) is 10.8 Å². The van der Waals surface area contributed by atoms with Gasteiger partial charge >= 0.3 is 0 Å². The van der Waals surface area contributed by atoms with Gasteiger partial charge in [-0.05, 0) is 91.3 Å². The lowest BCUT2D eigenvalue weighted by atomic mass is 9.82. The van der Waals surface area contributed by atoms with E-state index in [1.165, 1.54) is 33.9 Å². The highest BCUT2D eigenvalue weighted by molar-refractivity contribution is 6.63. The Kier molecular flexibility index (Phi) is 7.82. The van der Waals surface area contributed by atoms with Crippen molar-refractivity contribution >= 4 is 45.1 Å². The zero-order valence-corrected chi connectivity index (χ0v) is 29.8. The third-order valence-corrected chi connectivity index (χ3v) is 10.7. The van der Waals surface area contributed by atoms with Gasteiger partial charge < -0.3 is 15.3 Å². The van der Waals surface area contributed by atoms with Crippen LogP contribution in [-0.2, 0) is 5.41 Å². The van der Waals surface area contributed by atoms with E-state index in [2.05, 4.69) is 101 Å². The first-order valence-electron chi connectivity index (χ1n) is 17.7. The molecule has 0 atom stereocenters. The molecule has 1 aromatic heterocycles. The molecule has 266 valence electrons. The summed E-state index contributed by atoms with van der Waals surface area (Å²) in [6.45, 7) is 4.56. The van der Waals surface area contributed by atoms with Crippen LogP contribution in [0.4, 0.5) is 5.69 Å². The Morgan fingerprint density at radius 3 is 2.07 bits per heavy atom. The Morgan fingerprint density at radius 1 is 0.618 bits per heavy atom. The smallest absolute Gasteiger partial charge is 0.159 e. The van der Waals surface area contributed by atoms with Crippen molar-refractivity contribution in [3.8, 4) is 33.4 Å². The second-order valence-electron chi connectivity index (χ2n) is 14.0. The molecule has 0 saturated carbocycles. The van der Waals surface area contributed by atoms with Crippen molar-refractivity contribution in [1.82, 2.24) is 10.3 Å². The lowest BCUT2D eigenvalue weighted by molar-refractivity contribution is 0.315. The molecule has 3 aliphatic carbocycles. The first-order valence-corrected chi connectivity index (χ1v) is 17.7. The minimum absolute atomic E-state index is 0.0203. The van der Waals surface area contributed by atoms with Gasteiger partial charge in [0.15, 0.2) is 11.2 Å². The minimum Gasteiger partial charge on any atom is -0.410 e. The van der Waals surface area contributed by atoms with Crippen LogP contribution in [0.1, 0.15) is 30.5 Å². The fourth-order valence-electron chi connectivity index (χ4n) is 8.00. The summed E-state index contributed by atoms with van der Waals surface area (Å²) in [5.41, 5.74) is 12.0. The summed E-state index contributed by atoms with van der Waals surface area (Å²) in [6, 6.07) is 36.7. The SMILES string of the molecule is CC1(C)c2ccccc2-c2c(-c3ccc(-c4ccc(N(C5=CC=C/C(=N/O)C5=N)C5=CC=C(c6ccccc6)C(=N)/C5=N\O)c5nonc45)cc3)cccc21. The predicted molar refractivity (Wildman–Crippen MR) is 216 cm³/mol. The summed E-state index contributed by atoms with van der Waals surface area (Å²) in [4.78, 5) is 1.65. The van der Waals surface area contributed by atoms with E-state index < -0.39 is 0 Å². The monoisotopic (exact) mass is 719 g/mol. The van der Waals surface area contributed by atoms with E-state index in [0.29, 0.717) is 22.3 Å². The van der Waals surface area contributed by atoms with Crippen molar-refractivity contribution in [2.24, 2.45) is 10.3 Å². The highest BCUT2D eigenvalue weighted by Crippen LogP contribution is 2.52. The van der Waals surface area contributed by atoms with Gasteiger partial charge in [0.05, 0.1) is 22.8 Å². The molecule has 5 aromatic carbocycles. The van der Waals surface area contributed by atoms with Gasteiger partial charge in [-0.2, -0.15) is 0 Å². The third-order valence-electron chi connectivity index (χ3n) is 10.7. The topological polar surface area (TPSA) is 155 Å². The van der Waals surface area contributed by atoms with Gasteiger partial charge in [0, 0.05) is 16.6 Å². The first kappa shape index (κ1) is 33.4. The van der Waals surface area contributed by atoms with Gasteiger partial charge in [-0.3, -0.25) is 10.8 Å². The zero-order chi connectivity index (χ0) is 37.8. The molecule has 0 amide bonds. The minimum atomic E-state index is -0.102. The summed E-state index contributed by atoms with van der Waals surface area (Å²) in [6.07, 6.45) is 8.34. The highest BCUT2D eigenvalue weighted by atomic mass is 16.6. The molecule has 0 spiro atoms. The predicted octanol–water partition coefficient (Wildman–Crippen LogP) is 9.80. The first-order chi connectivity index (χ1) is 26.8. The number of rotatable bonds is 6. The van der Waals surface area contributed by atoms with Gasteiger partial charge in [-0.25, -0.2) is 4.63 Å². The van der Waals surface area contributed by atoms with Gasteiger partial charge in [0.1, 0.15) is 16.9 Å². The fourth-order valence-corrected chi connectivity index (χ4v) is 8.00. The number of anilines is 1. The largest absolute Gasteiger partial charge is 0.410 e. The Hall–Kier alpha value is -7.46. The van der Waals surface area contributed by atoms with Crippen LogP contribution < -0.4 is 4.90 Å². The fraction of sp³-hybridized carbons (Fsp3) is 0.0667. The summed E-state index contributed by atoms with van der Waals surface area (Å²) in [5, 5.41) is 53.8. The van der Waals surface area contributed by atoms with E-state index >= 15 is 0 Å². The molecular formula is C45H33N7O3. The lowest BCUT2D eigenvalue weighted by Crippen LogP contribution is -2.37. The van der Waals surface area contributed by atoms with Crippen molar-refractivity contribution in [3.05, 3.63) is 168 Å². The van der Waals surface area contributed by atoms with E-state index in [1.807, 2.05) is 42.5 Å². The molecule has 3 aliphatic rings. The summed E-state index contributed by atoms with van der Waals surface area (Å²) < 4.78 is 5.38. The number of benzene rings is 5. The molecule has 10 heteroatoms. The standard InChI is InChI=1S/C45H33N7O3/c1-45(2)33-14-7-6-12-32(33)39-29(13-8-15-34(39)45)27-18-20-28(21-19-27)31-23-25-38(44-42(31)50-55-51-44)52(36-17-9-16-35(48-53)41(36)47)37-24-22-30(40(46)43(37)49-54)26-10-4-3-5-11-26/h3-25,46-47,53-54H,1-2H3/b46-40?,47-41?,48-35-,49-43-. The number of allylic oxidation sites excluding steroid dienone is 8. The lowest BCUT2D eigenvalue weighted by Gasteiger charge is -2.32. The van der Waals surface area contributed by atoms with Crippen LogP contribution in [0.3, 0.4) is 0 Å². The maximum Gasteiger partial charge on any atom is 0.159 e. The number of oxime groups is 2. The molecule has 1 heterocycles. The highest BCUT2D eigenvalue weighted by Gasteiger charge is 2.37. The Morgan fingerprint density at radius 2 is 1.31 bits per heavy atom. The van der Waals surface area contributed by atoms with Gasteiger partial charge in [0.25, 0.3) is 0 Å². The van der Waals surface area contributed by atoms with E-state index in [9.17, 15) is 10.4 Å². The average Bonchev–Trinajstić information content (AvgIpc) is 3.81. The molecule has 0 fully saturated rings. The van der Waals surface area contributed by atoms with Crippen LogP contribution in [0, 0.1) is 10.8 Å². The maximum atomic E-state index is 10.4. The van der Waals surface area contributed by atoms with Crippen LogP contribution in [0.15, 0.2) is 166 Å². The number of fused-ring (bicyclic) bond motifs is 4. The molecule has 0 unspecified atom stereocenters. The second kappa shape index (κ2) is 12.9. The van der Waals surface area contributed by atoms with E-state index in [0.717, 1.165) is 22.3 Å². The molecule has 55 heavy (non-hydrogen) atoms. The van der Waals surface area contributed by atoms with Crippen molar-refractivity contribution in [2.75, 3.05) is 4.90 Å². The van der Waals surface area contributed by atoms with E-state index in [4.69, 9.17) is 15.4 Å². The molecular weight excluding hydrogens is 687 g/mol. The van der Waals surface area contributed by atoms with E-state index in [-0.39, 0.29) is 39.7 Å².